The van der Waals surface area contributed by atoms with Crippen molar-refractivity contribution in [2.75, 3.05) is 12.3 Å². The highest BCUT2D eigenvalue weighted by Crippen LogP contribution is 2.38. The van der Waals surface area contributed by atoms with Crippen molar-refractivity contribution in [3.63, 3.8) is 0 Å². The van der Waals surface area contributed by atoms with E-state index in [0.29, 0.717) is 17.7 Å². The van der Waals surface area contributed by atoms with Gasteiger partial charge in [-0.3, -0.25) is 19.2 Å². The van der Waals surface area contributed by atoms with Gasteiger partial charge in [0.15, 0.2) is 17.9 Å². The van der Waals surface area contributed by atoms with Gasteiger partial charge in [0, 0.05) is 55.7 Å². The molecule has 0 spiro atoms. The number of Topliss-reactive ketones (excluding diaryl/α,β-unsaturated/α-hetero) is 2. The number of ketones is 2. The highest BCUT2D eigenvalue weighted by Gasteiger charge is 2.50. The molecule has 12 unspecified atom stereocenters. The maximum absolute atomic E-state index is 13.4. The minimum atomic E-state index is -2.31. The summed E-state index contributed by atoms with van der Waals surface area (Å²) in [6.45, 7) is 5.32. The number of aliphatic hydroxyl groups is 9. The van der Waals surface area contributed by atoms with Crippen LogP contribution in [-0.4, -0.2) is 166 Å². The highest BCUT2D eigenvalue weighted by molar-refractivity contribution is 5.96. The Bertz CT molecular complexity index is 2250. The molecule has 18 atom stereocenters. The monoisotopic (exact) mass is 1100 g/mol. The lowest BCUT2D eigenvalue weighted by Crippen LogP contribution is -2.59. The van der Waals surface area contributed by atoms with Gasteiger partial charge in [0.2, 0.25) is 0 Å². The first-order valence-corrected chi connectivity index (χ1v) is 26.8. The molecule has 1 aromatic carbocycles. The van der Waals surface area contributed by atoms with Crippen molar-refractivity contribution in [2.24, 2.45) is 29.4 Å². The fourth-order valence-corrected chi connectivity index (χ4v) is 9.90. The van der Waals surface area contributed by atoms with Gasteiger partial charge < -0.3 is 81.5 Å². The number of carbonyl (C=O) groups excluding carboxylic acids is 3. The minimum Gasteiger partial charge on any atom is -0.481 e. The molecule has 434 valence electrons. The van der Waals surface area contributed by atoms with Crippen LogP contribution < -0.4 is 11.5 Å². The zero-order valence-electron chi connectivity index (χ0n) is 44.8. The third kappa shape index (κ3) is 22.6. The summed E-state index contributed by atoms with van der Waals surface area (Å²) < 4.78 is 23.5. The summed E-state index contributed by atoms with van der Waals surface area (Å²) in [5.41, 5.74) is 12.7. The quantitative estimate of drug-likeness (QED) is 0.0909. The smallest absolute Gasteiger partial charge is 0.311 e. The van der Waals surface area contributed by atoms with Crippen LogP contribution in [0.5, 0.6) is 0 Å². The number of esters is 1. The molecule has 0 saturated carbocycles. The van der Waals surface area contributed by atoms with Crippen LogP contribution in [0.3, 0.4) is 0 Å². The average molecular weight is 1100 g/mol. The van der Waals surface area contributed by atoms with E-state index in [1.807, 2.05) is 32.9 Å². The minimum absolute atomic E-state index is 0.0590. The molecule has 20 nitrogen and oxygen atoms in total. The number of hydrogen-bond donors (Lipinski definition) is 12. The first-order valence-electron chi connectivity index (χ1n) is 26.8. The van der Waals surface area contributed by atoms with Crippen molar-refractivity contribution in [3.8, 4) is 0 Å². The molecule has 2 fully saturated rings. The second-order valence-electron chi connectivity index (χ2n) is 21.1. The van der Waals surface area contributed by atoms with Crippen molar-refractivity contribution in [3.05, 3.63) is 115 Å². The van der Waals surface area contributed by atoms with Crippen LogP contribution >= 0.6 is 0 Å². The number of allylic oxidation sites excluding steroid dienone is 12. The zero-order chi connectivity index (χ0) is 57.5. The summed E-state index contributed by atoms with van der Waals surface area (Å²) in [6.07, 6.45) is 6.44. The van der Waals surface area contributed by atoms with Gasteiger partial charge in [0.25, 0.3) is 0 Å². The fourth-order valence-electron chi connectivity index (χ4n) is 9.90. The number of benzene rings is 1. The molecule has 14 N–H and O–H groups in total. The average Bonchev–Trinajstić information content (AvgIpc) is 3.35. The largest absolute Gasteiger partial charge is 0.481 e. The Hall–Kier alpha value is -5.04. The number of aliphatic hydroxyl groups excluding tert-OH is 8. The number of aliphatic carboxylic acids is 1. The molecule has 2 saturated heterocycles. The summed E-state index contributed by atoms with van der Waals surface area (Å²) >= 11 is 0. The van der Waals surface area contributed by atoms with Gasteiger partial charge in [-0.05, 0) is 68.2 Å². The number of nitrogen functional groups attached to an aromatic ring is 1. The number of carboxylic acids is 1. The van der Waals surface area contributed by atoms with E-state index in [-0.39, 0.29) is 87.3 Å². The van der Waals surface area contributed by atoms with E-state index in [9.17, 15) is 70.2 Å². The van der Waals surface area contributed by atoms with E-state index in [2.05, 4.69) is 0 Å². The van der Waals surface area contributed by atoms with Crippen molar-refractivity contribution in [1.29, 1.82) is 0 Å². The van der Waals surface area contributed by atoms with Crippen molar-refractivity contribution >= 4 is 29.2 Å². The Balaban J connectivity index is 1.52. The van der Waals surface area contributed by atoms with Crippen LogP contribution in [-0.2, 0) is 33.3 Å². The number of carboxylic acid groups (broad SMARTS) is 1. The van der Waals surface area contributed by atoms with Gasteiger partial charge in [-0.2, -0.15) is 0 Å². The molecule has 4 rings (SSSR count). The first kappa shape index (κ1) is 65.5. The molecule has 0 radical (unpaired) electrons. The molecule has 0 amide bonds. The van der Waals surface area contributed by atoms with Crippen LogP contribution in [0.15, 0.2) is 109 Å². The number of nitrogens with two attached hydrogens (primary N) is 2. The maximum Gasteiger partial charge on any atom is 0.311 e. The molecule has 20 heteroatoms. The van der Waals surface area contributed by atoms with E-state index in [1.165, 1.54) is 6.08 Å². The SMILES string of the molecule is CC(C[C@H](C)C1OC(=O)CC(O)CCCC(=O)CC(O)CC(O)CC(O)CC2(O)C[C@H](O)C(C(=O)O)[C@H](CC(OC3OCC(O)[C@H](N)[C@@H]3O)/C=C/C=C/C=C\C=C/C=C/C=C/C=C/[C@@H]1C)O2)C(O)CC(=O)c1ccc(N)cc1. The van der Waals surface area contributed by atoms with Crippen molar-refractivity contribution < 1.29 is 89.2 Å². The number of hydrogen-bond acceptors (Lipinski definition) is 19. The van der Waals surface area contributed by atoms with E-state index in [0.717, 1.165) is 0 Å². The molecular weight excluding hydrogens is 1010 g/mol. The lowest BCUT2D eigenvalue weighted by atomic mass is 9.82. The Morgan fingerprint density at radius 3 is 1.97 bits per heavy atom. The Morgan fingerprint density at radius 2 is 1.36 bits per heavy atom. The topological polar surface area (TPSA) is 360 Å². The van der Waals surface area contributed by atoms with Crippen molar-refractivity contribution in [1.82, 2.24) is 0 Å². The second kappa shape index (κ2) is 32.9. The molecular formula is C58H84N2O18. The van der Waals surface area contributed by atoms with Gasteiger partial charge in [0.1, 0.15) is 23.9 Å². The number of fused-ring (bicyclic) bond motifs is 2. The molecule has 78 heavy (non-hydrogen) atoms. The number of cyclic esters (lactones) is 1. The molecule has 3 aliphatic rings. The van der Waals surface area contributed by atoms with Crippen LogP contribution in [0.4, 0.5) is 5.69 Å². The van der Waals surface area contributed by atoms with Gasteiger partial charge in [-0.25, -0.2) is 0 Å². The number of ether oxygens (including phenoxy) is 4. The zero-order valence-corrected chi connectivity index (χ0v) is 44.8. The third-order valence-corrected chi connectivity index (χ3v) is 14.2. The molecule has 2 bridgehead atoms. The van der Waals surface area contributed by atoms with E-state index < -0.39 is 122 Å². The summed E-state index contributed by atoms with van der Waals surface area (Å²) in [7, 11) is 0. The summed E-state index contributed by atoms with van der Waals surface area (Å²) in [5.74, 6) is -7.61. The van der Waals surface area contributed by atoms with Crippen LogP contribution in [0.2, 0.25) is 0 Å². The predicted octanol–water partition coefficient (Wildman–Crippen LogP) is 3.17. The summed E-state index contributed by atoms with van der Waals surface area (Å²) in [5, 5.41) is 108. The fraction of sp³-hybridized carbons (Fsp3) is 0.586. The second-order valence-corrected chi connectivity index (χ2v) is 21.1. The van der Waals surface area contributed by atoms with E-state index in [1.54, 1.807) is 91.1 Å². The Labute approximate surface area is 456 Å². The normalized spacial score (nSPS) is 37.2. The predicted molar refractivity (Wildman–Crippen MR) is 289 cm³/mol. The maximum atomic E-state index is 13.4. The molecule has 1 aromatic rings. The van der Waals surface area contributed by atoms with E-state index in [4.69, 9.17) is 30.4 Å². The van der Waals surface area contributed by atoms with Crippen LogP contribution in [0.1, 0.15) is 108 Å². The standard InChI is InChI=1S/C58H84N2O18/c1-35-17-14-12-10-8-6-4-5-7-9-11-13-15-20-45(76-57-54(71)53(60)49(69)34-75-57)30-50-52(56(72)73)48(68)33-58(74,78-50)32-44(65)28-43(64)27-42(63)26-40(61)18-16-19-41(62)29-51(70)77-55(35)37(3)25-36(2)46(66)31-47(67)38-21-23-39(59)24-22-38/h4-15,17,20-24,35-37,41-46,48-50,52-55,57,62-66,68-69,71,74H,16,18-19,25-34,59-60H2,1-3H3,(H,72,73)/b5-4-,8-6+,9-7-,12-10+,13-11+,17-14+,20-15+/t35-,36?,37-,41?,42?,43?,44?,45?,46?,48-,49?,50-,52?,53-,54-,55?,57?,58?/m0/s1. The van der Waals surface area contributed by atoms with Crippen molar-refractivity contribution in [2.45, 2.75) is 183 Å². The molecule has 3 aliphatic heterocycles. The van der Waals surface area contributed by atoms with Crippen LogP contribution in [0.25, 0.3) is 0 Å². The number of rotatable bonds is 10. The van der Waals surface area contributed by atoms with Crippen LogP contribution in [0, 0.1) is 23.7 Å². The highest BCUT2D eigenvalue weighted by atomic mass is 16.7. The van der Waals surface area contributed by atoms with Gasteiger partial charge >= 0.3 is 11.9 Å². The Morgan fingerprint density at radius 1 is 0.769 bits per heavy atom. The summed E-state index contributed by atoms with van der Waals surface area (Å²) in [6, 6.07) is 5.32. The van der Waals surface area contributed by atoms with Gasteiger partial charge in [-0.1, -0.05) is 106 Å². The molecule has 3 heterocycles. The van der Waals surface area contributed by atoms with Gasteiger partial charge in [-0.15, -0.1) is 0 Å². The Kier molecular flexibility index (Phi) is 27.6. The first-order chi connectivity index (χ1) is 36.9. The van der Waals surface area contributed by atoms with E-state index >= 15 is 0 Å². The lowest BCUT2D eigenvalue weighted by Gasteiger charge is -2.45. The lowest BCUT2D eigenvalue weighted by molar-refractivity contribution is -0.305. The molecule has 0 aromatic heterocycles. The summed E-state index contributed by atoms with van der Waals surface area (Å²) in [4.78, 5) is 51.6. The molecule has 0 aliphatic carbocycles. The number of anilines is 1. The third-order valence-electron chi connectivity index (χ3n) is 14.2. The number of carbonyl (C=O) groups is 4. The van der Waals surface area contributed by atoms with Gasteiger partial charge in [0.05, 0.1) is 74.0 Å².